The predicted molar refractivity (Wildman–Crippen MR) is 85.4 cm³/mol. The average molecular weight is 307 g/mol. The van der Waals surface area contributed by atoms with Crippen LogP contribution in [0.15, 0.2) is 16.9 Å². The average Bonchev–Trinajstić information content (AvgIpc) is 2.48. The van der Waals surface area contributed by atoms with Gasteiger partial charge >= 0.3 is 5.96 Å². The first-order valence-corrected chi connectivity index (χ1v) is 6.84. The molecule has 0 aromatic carbocycles. The Labute approximate surface area is 130 Å². The van der Waals surface area contributed by atoms with Crippen molar-refractivity contribution in [2.75, 3.05) is 53.9 Å². The molecular formula is C14H23N6O2+. The van der Waals surface area contributed by atoms with Gasteiger partial charge in [-0.25, -0.2) is 4.98 Å². The van der Waals surface area contributed by atoms with E-state index in [0.29, 0.717) is 34.7 Å². The third-order valence-corrected chi connectivity index (χ3v) is 3.45. The topological polar surface area (TPSA) is 85.9 Å². The maximum absolute atomic E-state index is 6.00. The molecule has 1 aromatic heterocycles. The summed E-state index contributed by atoms with van der Waals surface area (Å²) in [6, 6.07) is 1.78. The molecule has 8 nitrogen and oxygen atoms in total. The molecule has 0 atom stereocenters. The van der Waals surface area contributed by atoms with E-state index in [1.54, 1.807) is 20.3 Å². The smallest absolute Gasteiger partial charge is 0.302 e. The minimum atomic E-state index is 0.436. The molecule has 0 radical (unpaired) electrons. The summed E-state index contributed by atoms with van der Waals surface area (Å²) in [7, 11) is 10.9. The highest BCUT2D eigenvalue weighted by Gasteiger charge is 2.33. The lowest BCUT2D eigenvalue weighted by Crippen LogP contribution is -2.53. The van der Waals surface area contributed by atoms with Gasteiger partial charge in [0, 0.05) is 20.2 Å². The van der Waals surface area contributed by atoms with Crippen molar-refractivity contribution < 1.29 is 14.0 Å². The molecule has 0 amide bonds. The molecule has 0 unspecified atom stereocenters. The van der Waals surface area contributed by atoms with Crippen LogP contribution >= 0.6 is 0 Å². The minimum absolute atomic E-state index is 0.436. The van der Waals surface area contributed by atoms with Gasteiger partial charge in [0.1, 0.15) is 6.54 Å². The van der Waals surface area contributed by atoms with Gasteiger partial charge in [0.15, 0.2) is 0 Å². The Morgan fingerprint density at radius 1 is 1.18 bits per heavy atom. The maximum atomic E-state index is 6.00. The minimum Gasteiger partial charge on any atom is -0.481 e. The van der Waals surface area contributed by atoms with Crippen LogP contribution in [0, 0.1) is 0 Å². The van der Waals surface area contributed by atoms with Crippen molar-refractivity contribution >= 4 is 17.5 Å². The van der Waals surface area contributed by atoms with Crippen LogP contribution in [-0.2, 0) is 4.74 Å². The normalized spacial score (nSPS) is 17.1. The standard InChI is InChI=1S/C14H23N6O2/c1-19(2)14-16-10(7-11(17-14)21-5)9-8-20(3,4)13(15)18-12(9)22-6/h7H,8H2,1-6H3,(H2,15,18)/q+1. The number of aliphatic imine (C=N–C) groups is 1. The van der Waals surface area contributed by atoms with Gasteiger partial charge in [-0.1, -0.05) is 0 Å². The van der Waals surface area contributed by atoms with Crippen LogP contribution in [-0.4, -0.2) is 69.4 Å². The highest BCUT2D eigenvalue weighted by molar-refractivity contribution is 5.79. The van der Waals surface area contributed by atoms with Crippen LogP contribution in [0.4, 0.5) is 5.95 Å². The number of rotatable bonds is 4. The number of hydrogen-bond donors (Lipinski definition) is 1. The van der Waals surface area contributed by atoms with Gasteiger partial charge in [0.25, 0.3) is 0 Å². The van der Waals surface area contributed by atoms with Gasteiger partial charge in [-0.3, -0.25) is 4.48 Å². The monoisotopic (exact) mass is 307 g/mol. The molecule has 1 aliphatic rings. The van der Waals surface area contributed by atoms with Crippen molar-refractivity contribution in [3.63, 3.8) is 0 Å². The summed E-state index contributed by atoms with van der Waals surface area (Å²) in [6.07, 6.45) is 0. The van der Waals surface area contributed by atoms with Crippen LogP contribution in [0.3, 0.4) is 0 Å². The predicted octanol–water partition coefficient (Wildman–Crippen LogP) is 0.271. The molecule has 120 valence electrons. The molecule has 1 aliphatic heterocycles. The molecule has 0 saturated heterocycles. The van der Waals surface area contributed by atoms with Crippen molar-refractivity contribution in [3.05, 3.63) is 17.6 Å². The molecule has 2 rings (SSSR count). The first-order valence-electron chi connectivity index (χ1n) is 6.84. The summed E-state index contributed by atoms with van der Waals surface area (Å²) in [4.78, 5) is 15.1. The molecule has 8 heteroatoms. The van der Waals surface area contributed by atoms with E-state index in [-0.39, 0.29) is 0 Å². The van der Waals surface area contributed by atoms with Gasteiger partial charge in [-0.15, -0.1) is 4.99 Å². The highest BCUT2D eigenvalue weighted by atomic mass is 16.5. The Morgan fingerprint density at radius 3 is 2.41 bits per heavy atom. The molecule has 0 aliphatic carbocycles. The number of ether oxygens (including phenoxy) is 2. The number of guanidine groups is 1. The van der Waals surface area contributed by atoms with Crippen molar-refractivity contribution in [2.45, 2.75) is 0 Å². The number of nitrogens with two attached hydrogens (primary N) is 1. The lowest BCUT2D eigenvalue weighted by atomic mass is 10.1. The van der Waals surface area contributed by atoms with E-state index < -0.39 is 0 Å². The quantitative estimate of drug-likeness (QED) is 0.804. The summed E-state index contributed by atoms with van der Waals surface area (Å²) in [5.41, 5.74) is 7.58. The zero-order valence-corrected chi connectivity index (χ0v) is 13.9. The summed E-state index contributed by atoms with van der Waals surface area (Å²) >= 11 is 0. The van der Waals surface area contributed by atoms with Gasteiger partial charge in [0.2, 0.25) is 17.7 Å². The van der Waals surface area contributed by atoms with Crippen LogP contribution < -0.4 is 15.4 Å². The number of nitrogens with zero attached hydrogens (tertiary/aromatic N) is 5. The molecule has 1 aromatic rings. The van der Waals surface area contributed by atoms with E-state index in [1.165, 1.54) is 0 Å². The Balaban J connectivity index is 2.60. The van der Waals surface area contributed by atoms with Crippen LogP contribution in [0.2, 0.25) is 0 Å². The largest absolute Gasteiger partial charge is 0.481 e. The molecule has 0 spiro atoms. The molecule has 0 bridgehead atoms. The first kappa shape index (κ1) is 16.0. The molecule has 2 N–H and O–H groups in total. The van der Waals surface area contributed by atoms with Gasteiger partial charge in [-0.2, -0.15) is 4.98 Å². The fourth-order valence-electron chi connectivity index (χ4n) is 2.08. The third kappa shape index (κ3) is 2.96. The number of methoxy groups -OCH3 is 2. The van der Waals surface area contributed by atoms with Crippen LogP contribution in [0.1, 0.15) is 5.69 Å². The number of likely N-dealkylation sites (N-methyl/N-ethyl adjacent to an activating group) is 1. The zero-order valence-electron chi connectivity index (χ0n) is 13.9. The van der Waals surface area contributed by atoms with E-state index in [0.717, 1.165) is 11.3 Å². The second-order valence-electron chi connectivity index (χ2n) is 5.79. The van der Waals surface area contributed by atoms with Crippen LogP contribution in [0.5, 0.6) is 5.88 Å². The Hall–Kier alpha value is -2.35. The molecular weight excluding hydrogens is 284 g/mol. The summed E-state index contributed by atoms with van der Waals surface area (Å²) < 4.78 is 11.1. The fourth-order valence-corrected chi connectivity index (χ4v) is 2.08. The third-order valence-electron chi connectivity index (χ3n) is 3.45. The second kappa shape index (κ2) is 5.80. The first-order chi connectivity index (χ1) is 10.3. The lowest BCUT2D eigenvalue weighted by molar-refractivity contribution is -0.793. The zero-order chi connectivity index (χ0) is 16.5. The van der Waals surface area contributed by atoms with Crippen molar-refractivity contribution in [2.24, 2.45) is 10.7 Å². The Bertz CT molecular complexity index is 636. The maximum Gasteiger partial charge on any atom is 0.302 e. The molecule has 0 saturated carbocycles. The number of hydrogen-bond acceptors (Lipinski definition) is 7. The van der Waals surface area contributed by atoms with Gasteiger partial charge < -0.3 is 20.1 Å². The summed E-state index contributed by atoms with van der Waals surface area (Å²) in [5.74, 6) is 2.02. The van der Waals surface area contributed by atoms with Crippen molar-refractivity contribution in [1.29, 1.82) is 0 Å². The SMILES string of the molecule is COC1=C(c2cc(OC)nc(N(C)C)n2)C[N+](C)(C)C(N)=N1. The molecule has 0 fully saturated rings. The number of quaternary nitrogens is 1. The number of aromatic nitrogens is 2. The molecule has 22 heavy (non-hydrogen) atoms. The lowest BCUT2D eigenvalue weighted by Gasteiger charge is -2.31. The fraction of sp³-hybridized carbons (Fsp3) is 0.500. The number of anilines is 1. The van der Waals surface area contributed by atoms with Gasteiger partial charge in [-0.05, 0) is 0 Å². The van der Waals surface area contributed by atoms with Crippen molar-refractivity contribution in [3.8, 4) is 5.88 Å². The molecule has 2 heterocycles. The second-order valence-corrected chi connectivity index (χ2v) is 5.79. The van der Waals surface area contributed by atoms with E-state index in [4.69, 9.17) is 15.2 Å². The summed E-state index contributed by atoms with van der Waals surface area (Å²) in [6.45, 7) is 0.617. The van der Waals surface area contributed by atoms with E-state index >= 15 is 0 Å². The summed E-state index contributed by atoms with van der Waals surface area (Å²) in [5, 5.41) is 0. The highest BCUT2D eigenvalue weighted by Crippen LogP contribution is 2.28. The van der Waals surface area contributed by atoms with Gasteiger partial charge in [0.05, 0.1) is 39.6 Å². The van der Waals surface area contributed by atoms with E-state index in [1.807, 2.05) is 33.1 Å². The van der Waals surface area contributed by atoms with E-state index in [9.17, 15) is 0 Å². The Kier molecular flexibility index (Phi) is 4.23. The Morgan fingerprint density at radius 2 is 1.86 bits per heavy atom. The van der Waals surface area contributed by atoms with Crippen molar-refractivity contribution in [1.82, 2.24) is 9.97 Å². The van der Waals surface area contributed by atoms with Crippen LogP contribution in [0.25, 0.3) is 5.57 Å². The van der Waals surface area contributed by atoms with E-state index in [2.05, 4.69) is 15.0 Å².